The zero-order valence-electron chi connectivity index (χ0n) is 11.9. The molecule has 0 bridgehead atoms. The summed E-state index contributed by atoms with van der Waals surface area (Å²) in [7, 11) is -3.06. The Balaban J connectivity index is 2.53. The van der Waals surface area contributed by atoms with Gasteiger partial charge in [0.05, 0.1) is 10.5 Å². The number of carbonyl (C=O) groups excluding carboxylic acids is 1. The minimum Gasteiger partial charge on any atom is -0.301 e. The van der Waals surface area contributed by atoms with E-state index in [0.717, 1.165) is 13.0 Å². The number of hydrogen-bond donors (Lipinski definition) is 0. The SMILES string of the molecule is CCC1CN(CCS(=O)(=O)C(C)(C)C)CCC1=O. The summed E-state index contributed by atoms with van der Waals surface area (Å²) in [5.41, 5.74) is 0. The van der Waals surface area contributed by atoms with Crippen molar-refractivity contribution in [1.29, 1.82) is 0 Å². The Morgan fingerprint density at radius 3 is 2.44 bits per heavy atom. The second-order valence-electron chi connectivity index (χ2n) is 6.05. The molecule has 1 saturated heterocycles. The van der Waals surface area contributed by atoms with E-state index in [1.807, 2.05) is 6.92 Å². The molecule has 0 N–H and O–H groups in total. The number of Topliss-reactive ketones (excluding diaryl/α,β-unsaturated/α-hetero) is 1. The van der Waals surface area contributed by atoms with E-state index in [1.165, 1.54) is 0 Å². The van der Waals surface area contributed by atoms with Crippen LogP contribution in [0, 0.1) is 5.92 Å². The van der Waals surface area contributed by atoms with Gasteiger partial charge in [0.25, 0.3) is 0 Å². The average Bonchev–Trinajstić information content (AvgIpc) is 2.26. The van der Waals surface area contributed by atoms with Crippen molar-refractivity contribution in [3.63, 3.8) is 0 Å². The molecule has 1 fully saturated rings. The third-order valence-corrected chi connectivity index (χ3v) is 6.30. The van der Waals surface area contributed by atoms with Crippen LogP contribution in [0.25, 0.3) is 0 Å². The summed E-state index contributed by atoms with van der Waals surface area (Å²) in [6.45, 7) is 9.18. The van der Waals surface area contributed by atoms with Crippen LogP contribution >= 0.6 is 0 Å². The monoisotopic (exact) mass is 275 g/mol. The number of nitrogens with zero attached hydrogens (tertiary/aromatic N) is 1. The quantitative estimate of drug-likeness (QED) is 0.780. The molecule has 106 valence electrons. The van der Waals surface area contributed by atoms with E-state index in [4.69, 9.17) is 0 Å². The van der Waals surface area contributed by atoms with Crippen molar-refractivity contribution in [2.45, 2.75) is 45.3 Å². The van der Waals surface area contributed by atoms with Gasteiger partial charge in [-0.15, -0.1) is 0 Å². The Hall–Kier alpha value is -0.420. The minimum absolute atomic E-state index is 0.0936. The molecule has 18 heavy (non-hydrogen) atoms. The van der Waals surface area contributed by atoms with Gasteiger partial charge in [0.1, 0.15) is 5.78 Å². The van der Waals surface area contributed by atoms with Crippen LogP contribution in [-0.2, 0) is 14.6 Å². The summed E-state index contributed by atoms with van der Waals surface area (Å²) in [6.07, 6.45) is 1.41. The van der Waals surface area contributed by atoms with Gasteiger partial charge in [-0.1, -0.05) is 6.92 Å². The molecule has 0 aromatic carbocycles. The third-order valence-electron chi connectivity index (χ3n) is 3.71. The van der Waals surface area contributed by atoms with Gasteiger partial charge < -0.3 is 4.90 Å². The van der Waals surface area contributed by atoms with Crippen molar-refractivity contribution < 1.29 is 13.2 Å². The lowest BCUT2D eigenvalue weighted by Gasteiger charge is -2.32. The molecular formula is C13H25NO3S. The van der Waals surface area contributed by atoms with Crippen LogP contribution in [0.1, 0.15) is 40.5 Å². The summed E-state index contributed by atoms with van der Waals surface area (Å²) >= 11 is 0. The first kappa shape index (κ1) is 15.6. The van der Waals surface area contributed by atoms with Gasteiger partial charge in [-0.05, 0) is 27.2 Å². The molecule has 1 aliphatic rings. The maximum absolute atomic E-state index is 12.0. The highest BCUT2D eigenvalue weighted by Crippen LogP contribution is 2.19. The standard InChI is InChI=1S/C13H25NO3S/c1-5-11-10-14(7-6-12(11)15)8-9-18(16,17)13(2,3)4/h11H,5-10H2,1-4H3. The first-order chi connectivity index (χ1) is 8.17. The number of rotatable bonds is 4. The van der Waals surface area contributed by atoms with Crippen LogP contribution in [0.15, 0.2) is 0 Å². The first-order valence-corrected chi connectivity index (χ1v) is 8.30. The van der Waals surface area contributed by atoms with Crippen LogP contribution in [0.3, 0.4) is 0 Å². The van der Waals surface area contributed by atoms with E-state index in [-0.39, 0.29) is 11.7 Å². The molecule has 0 aromatic rings. The second-order valence-corrected chi connectivity index (χ2v) is 8.92. The number of piperidine rings is 1. The molecule has 0 aromatic heterocycles. The molecule has 1 heterocycles. The largest absolute Gasteiger partial charge is 0.301 e. The Bertz CT molecular complexity index is 395. The molecule has 1 unspecified atom stereocenters. The molecule has 1 aliphatic heterocycles. The van der Waals surface area contributed by atoms with E-state index in [1.54, 1.807) is 20.8 Å². The molecular weight excluding hydrogens is 250 g/mol. The van der Waals surface area contributed by atoms with Crippen molar-refractivity contribution in [3.8, 4) is 0 Å². The second kappa shape index (κ2) is 5.70. The smallest absolute Gasteiger partial charge is 0.156 e. The topological polar surface area (TPSA) is 54.5 Å². The van der Waals surface area contributed by atoms with Crippen molar-refractivity contribution in [1.82, 2.24) is 4.90 Å². The van der Waals surface area contributed by atoms with Crippen LogP contribution < -0.4 is 0 Å². The van der Waals surface area contributed by atoms with Crippen molar-refractivity contribution in [2.75, 3.05) is 25.4 Å². The fourth-order valence-electron chi connectivity index (χ4n) is 2.09. The molecule has 0 aliphatic carbocycles. The van der Waals surface area contributed by atoms with E-state index in [9.17, 15) is 13.2 Å². The fraction of sp³-hybridized carbons (Fsp3) is 0.923. The highest BCUT2D eigenvalue weighted by atomic mass is 32.2. The van der Waals surface area contributed by atoms with Crippen molar-refractivity contribution in [2.24, 2.45) is 5.92 Å². The average molecular weight is 275 g/mol. The lowest BCUT2D eigenvalue weighted by Crippen LogP contribution is -2.44. The summed E-state index contributed by atoms with van der Waals surface area (Å²) < 4.78 is 23.3. The summed E-state index contributed by atoms with van der Waals surface area (Å²) in [5, 5.41) is 0. The van der Waals surface area contributed by atoms with Crippen LogP contribution in [0.4, 0.5) is 0 Å². The molecule has 1 atom stereocenters. The normalized spacial score (nSPS) is 23.3. The maximum atomic E-state index is 12.0. The zero-order valence-corrected chi connectivity index (χ0v) is 12.7. The van der Waals surface area contributed by atoms with Gasteiger partial charge in [-0.25, -0.2) is 8.42 Å². The van der Waals surface area contributed by atoms with Crippen LogP contribution in [-0.4, -0.2) is 49.2 Å². The highest BCUT2D eigenvalue weighted by molar-refractivity contribution is 7.92. The number of carbonyl (C=O) groups is 1. The first-order valence-electron chi connectivity index (χ1n) is 6.64. The van der Waals surface area contributed by atoms with Gasteiger partial charge in [0.2, 0.25) is 0 Å². The lowest BCUT2D eigenvalue weighted by atomic mass is 9.94. The fourth-order valence-corrected chi connectivity index (χ4v) is 3.20. The predicted octanol–water partition coefficient (Wildman–Crippen LogP) is 1.50. The Morgan fingerprint density at radius 1 is 1.33 bits per heavy atom. The van der Waals surface area contributed by atoms with E-state index < -0.39 is 14.6 Å². The molecule has 0 spiro atoms. The lowest BCUT2D eigenvalue weighted by molar-refractivity contribution is -0.126. The minimum atomic E-state index is -3.06. The van der Waals surface area contributed by atoms with Crippen LogP contribution in [0.5, 0.6) is 0 Å². The Labute approximate surface area is 111 Å². The highest BCUT2D eigenvalue weighted by Gasteiger charge is 2.31. The van der Waals surface area contributed by atoms with Crippen LogP contribution in [0.2, 0.25) is 0 Å². The number of likely N-dealkylation sites (tertiary alicyclic amines) is 1. The molecule has 0 saturated carbocycles. The third kappa shape index (κ3) is 3.79. The summed E-state index contributed by atoms with van der Waals surface area (Å²) in [6, 6.07) is 0. The van der Waals surface area contributed by atoms with Gasteiger partial charge >= 0.3 is 0 Å². The number of ketones is 1. The molecule has 0 amide bonds. The van der Waals surface area contributed by atoms with Gasteiger partial charge in [-0.2, -0.15) is 0 Å². The number of sulfone groups is 1. The molecule has 4 nitrogen and oxygen atoms in total. The van der Waals surface area contributed by atoms with E-state index >= 15 is 0 Å². The Morgan fingerprint density at radius 2 is 1.94 bits per heavy atom. The predicted molar refractivity (Wildman–Crippen MR) is 73.4 cm³/mol. The van der Waals surface area contributed by atoms with E-state index in [2.05, 4.69) is 4.90 Å². The van der Waals surface area contributed by atoms with Crippen molar-refractivity contribution in [3.05, 3.63) is 0 Å². The Kier molecular flexibility index (Phi) is 4.95. The molecule has 5 heteroatoms. The molecule has 1 rings (SSSR count). The van der Waals surface area contributed by atoms with Crippen molar-refractivity contribution >= 4 is 15.6 Å². The summed E-state index contributed by atoms with van der Waals surface area (Å²) in [5.74, 6) is 0.602. The maximum Gasteiger partial charge on any atom is 0.156 e. The molecule has 0 radical (unpaired) electrons. The van der Waals surface area contributed by atoms with Gasteiger partial charge in [-0.3, -0.25) is 4.79 Å². The number of hydrogen-bond acceptors (Lipinski definition) is 4. The van der Waals surface area contributed by atoms with Gasteiger partial charge in [0, 0.05) is 32.0 Å². The zero-order chi connectivity index (χ0) is 14.0. The summed E-state index contributed by atoms with van der Waals surface area (Å²) in [4.78, 5) is 13.7. The van der Waals surface area contributed by atoms with E-state index in [0.29, 0.717) is 25.3 Å². The van der Waals surface area contributed by atoms with Gasteiger partial charge in [0.15, 0.2) is 9.84 Å².